The van der Waals surface area contributed by atoms with Crippen LogP contribution in [0, 0.1) is 5.92 Å². The zero-order chi connectivity index (χ0) is 22.1. The number of benzene rings is 2. The van der Waals surface area contributed by atoms with Gasteiger partial charge in [0.25, 0.3) is 0 Å². The summed E-state index contributed by atoms with van der Waals surface area (Å²) in [6.45, 7) is 7.41. The van der Waals surface area contributed by atoms with E-state index < -0.39 is 10.0 Å². The molecule has 3 N–H and O–H groups in total. The summed E-state index contributed by atoms with van der Waals surface area (Å²) in [5.74, 6) is 1.96. The largest absolute Gasteiger partial charge is 0.493 e. The van der Waals surface area contributed by atoms with Gasteiger partial charge in [-0.3, -0.25) is 9.71 Å². The maximum atomic E-state index is 11.6. The first-order valence-electron chi connectivity index (χ1n) is 9.93. The van der Waals surface area contributed by atoms with Crippen LogP contribution in [0.4, 0.5) is 5.69 Å². The van der Waals surface area contributed by atoms with E-state index in [9.17, 15) is 8.42 Å². The molecule has 1 atom stereocenters. The van der Waals surface area contributed by atoms with Crippen LogP contribution in [0.3, 0.4) is 0 Å². The summed E-state index contributed by atoms with van der Waals surface area (Å²) in [7, 11) is -1.65. The molecular formula is C22H33IN4O3S. The van der Waals surface area contributed by atoms with Gasteiger partial charge in [-0.25, -0.2) is 8.42 Å². The van der Waals surface area contributed by atoms with Crippen molar-refractivity contribution in [2.24, 2.45) is 10.9 Å². The Labute approximate surface area is 203 Å². The van der Waals surface area contributed by atoms with Crippen molar-refractivity contribution >= 4 is 45.6 Å². The lowest BCUT2D eigenvalue weighted by Crippen LogP contribution is -2.38. The highest BCUT2D eigenvalue weighted by atomic mass is 127. The Morgan fingerprint density at radius 2 is 1.71 bits per heavy atom. The Bertz CT molecular complexity index is 947. The number of guanidine groups is 1. The van der Waals surface area contributed by atoms with E-state index in [4.69, 9.17) is 4.74 Å². The normalized spacial score (nSPS) is 12.6. The third-order valence-electron chi connectivity index (χ3n) is 4.30. The van der Waals surface area contributed by atoms with Crippen LogP contribution in [-0.4, -0.2) is 34.3 Å². The number of anilines is 1. The van der Waals surface area contributed by atoms with E-state index >= 15 is 0 Å². The third kappa shape index (κ3) is 9.77. The van der Waals surface area contributed by atoms with Gasteiger partial charge in [0.1, 0.15) is 5.75 Å². The van der Waals surface area contributed by atoms with Crippen molar-refractivity contribution in [1.29, 1.82) is 0 Å². The van der Waals surface area contributed by atoms with Crippen LogP contribution in [0.5, 0.6) is 5.75 Å². The Morgan fingerprint density at radius 1 is 1.06 bits per heavy atom. The number of ether oxygens (including phenoxy) is 1. The molecule has 0 aliphatic rings. The molecule has 0 amide bonds. The van der Waals surface area contributed by atoms with Crippen LogP contribution >= 0.6 is 24.0 Å². The minimum atomic E-state index is -3.35. The van der Waals surface area contributed by atoms with Gasteiger partial charge in [0.05, 0.1) is 24.6 Å². The molecule has 0 bridgehead atoms. The van der Waals surface area contributed by atoms with Crippen LogP contribution < -0.4 is 20.1 Å². The molecule has 0 saturated heterocycles. The van der Waals surface area contributed by atoms with Gasteiger partial charge in [0, 0.05) is 13.6 Å². The Kier molecular flexibility index (Phi) is 11.1. The van der Waals surface area contributed by atoms with Crippen LogP contribution in [-0.2, 0) is 16.6 Å². The monoisotopic (exact) mass is 560 g/mol. The van der Waals surface area contributed by atoms with E-state index in [0.717, 1.165) is 23.1 Å². The quantitative estimate of drug-likeness (QED) is 0.244. The van der Waals surface area contributed by atoms with Gasteiger partial charge in [0.2, 0.25) is 10.0 Å². The van der Waals surface area contributed by atoms with Crippen LogP contribution in [0.2, 0.25) is 0 Å². The highest BCUT2D eigenvalue weighted by Crippen LogP contribution is 2.19. The molecule has 0 aromatic heterocycles. The molecule has 1 unspecified atom stereocenters. The molecule has 2 rings (SSSR count). The number of para-hydroxylation sites is 1. The van der Waals surface area contributed by atoms with Crippen LogP contribution in [0.25, 0.3) is 0 Å². The van der Waals surface area contributed by atoms with E-state index in [1.807, 2.05) is 36.4 Å². The van der Waals surface area contributed by atoms with Gasteiger partial charge in [0.15, 0.2) is 5.96 Å². The van der Waals surface area contributed by atoms with Crippen molar-refractivity contribution in [3.8, 4) is 5.75 Å². The highest BCUT2D eigenvalue weighted by Gasteiger charge is 2.10. The second kappa shape index (κ2) is 12.7. The summed E-state index contributed by atoms with van der Waals surface area (Å²) in [5.41, 5.74) is 2.48. The number of nitrogens with one attached hydrogen (secondary N) is 3. The molecule has 0 radical (unpaired) electrons. The lowest BCUT2D eigenvalue weighted by atomic mass is 10.1. The van der Waals surface area contributed by atoms with Gasteiger partial charge in [-0.15, -0.1) is 24.0 Å². The van der Waals surface area contributed by atoms with Gasteiger partial charge >= 0.3 is 0 Å². The molecule has 0 spiro atoms. The smallest absolute Gasteiger partial charge is 0.229 e. The summed E-state index contributed by atoms with van der Waals surface area (Å²) in [4.78, 5) is 4.27. The van der Waals surface area contributed by atoms with Crippen molar-refractivity contribution in [3.05, 3.63) is 59.7 Å². The average molecular weight is 561 g/mol. The third-order valence-corrected chi connectivity index (χ3v) is 4.89. The fraction of sp³-hybridized carbons (Fsp3) is 0.409. The average Bonchev–Trinajstić information content (AvgIpc) is 2.69. The fourth-order valence-corrected chi connectivity index (χ4v) is 3.35. The van der Waals surface area contributed by atoms with Crippen molar-refractivity contribution in [2.75, 3.05) is 24.6 Å². The zero-order valence-electron chi connectivity index (χ0n) is 18.7. The Morgan fingerprint density at radius 3 is 2.29 bits per heavy atom. The van der Waals surface area contributed by atoms with Gasteiger partial charge < -0.3 is 15.4 Å². The molecule has 0 aliphatic heterocycles. The number of sulfonamides is 1. The summed E-state index contributed by atoms with van der Waals surface area (Å²) >= 11 is 0. The van der Waals surface area contributed by atoms with Gasteiger partial charge in [-0.05, 0) is 42.2 Å². The molecule has 31 heavy (non-hydrogen) atoms. The minimum Gasteiger partial charge on any atom is -0.493 e. The molecule has 9 heteroatoms. The van der Waals surface area contributed by atoms with E-state index in [1.54, 1.807) is 19.2 Å². The van der Waals surface area contributed by atoms with Crippen molar-refractivity contribution < 1.29 is 13.2 Å². The summed E-state index contributed by atoms with van der Waals surface area (Å²) < 4.78 is 31.4. The standard InChI is InChI=1S/C22H32N4O3S.HI/c1-16(2)15-29-20-12-10-18(11-13-20)17(3)25-22(23-4)24-14-19-8-6-7-9-21(19)26-30(5,27)28;/h6-13,16-17,26H,14-15H2,1-5H3,(H2,23,24,25);1H. The molecular weight excluding hydrogens is 527 g/mol. The number of nitrogens with zero attached hydrogens (tertiary/aromatic N) is 1. The van der Waals surface area contributed by atoms with E-state index in [-0.39, 0.29) is 30.0 Å². The predicted molar refractivity (Wildman–Crippen MR) is 139 cm³/mol. The second-order valence-electron chi connectivity index (χ2n) is 7.60. The first-order valence-corrected chi connectivity index (χ1v) is 11.8. The number of hydrogen-bond acceptors (Lipinski definition) is 4. The number of aliphatic imine (C=N–C) groups is 1. The Hall–Kier alpha value is -2.01. The lowest BCUT2D eigenvalue weighted by molar-refractivity contribution is 0.271. The molecule has 2 aromatic rings. The zero-order valence-corrected chi connectivity index (χ0v) is 21.8. The fourth-order valence-electron chi connectivity index (χ4n) is 2.75. The van der Waals surface area contributed by atoms with Crippen LogP contribution in [0.1, 0.15) is 37.9 Å². The Balaban J connectivity index is 0.00000480. The molecule has 0 aliphatic carbocycles. The predicted octanol–water partition coefficient (Wildman–Crippen LogP) is 4.14. The van der Waals surface area contributed by atoms with Crippen molar-refractivity contribution in [3.63, 3.8) is 0 Å². The number of hydrogen-bond donors (Lipinski definition) is 3. The first kappa shape index (κ1) is 27.0. The summed E-state index contributed by atoms with van der Waals surface area (Å²) in [6, 6.07) is 15.3. The molecule has 0 fully saturated rings. The van der Waals surface area contributed by atoms with Crippen LogP contribution in [0.15, 0.2) is 53.5 Å². The highest BCUT2D eigenvalue weighted by molar-refractivity contribution is 14.0. The van der Waals surface area contributed by atoms with Crippen molar-refractivity contribution in [1.82, 2.24) is 10.6 Å². The van der Waals surface area contributed by atoms with Gasteiger partial charge in [-0.1, -0.05) is 44.2 Å². The maximum Gasteiger partial charge on any atom is 0.229 e. The molecule has 0 heterocycles. The SMILES string of the molecule is CN=C(NCc1ccccc1NS(C)(=O)=O)NC(C)c1ccc(OCC(C)C)cc1.I. The van der Waals surface area contributed by atoms with Crippen molar-refractivity contribution in [2.45, 2.75) is 33.4 Å². The van der Waals surface area contributed by atoms with E-state index in [0.29, 0.717) is 30.7 Å². The molecule has 2 aromatic carbocycles. The first-order chi connectivity index (χ1) is 14.2. The minimum absolute atomic E-state index is 0. The number of halogens is 1. The molecule has 7 nitrogen and oxygen atoms in total. The molecule has 172 valence electrons. The lowest BCUT2D eigenvalue weighted by Gasteiger charge is -2.19. The molecule has 0 saturated carbocycles. The second-order valence-corrected chi connectivity index (χ2v) is 9.35. The summed E-state index contributed by atoms with van der Waals surface area (Å²) in [6.07, 6.45) is 1.14. The maximum absolute atomic E-state index is 11.6. The topological polar surface area (TPSA) is 91.8 Å². The summed E-state index contributed by atoms with van der Waals surface area (Å²) in [5, 5.41) is 6.59. The van der Waals surface area contributed by atoms with E-state index in [2.05, 4.69) is 41.1 Å². The number of rotatable bonds is 9. The van der Waals surface area contributed by atoms with E-state index in [1.165, 1.54) is 0 Å². The van der Waals surface area contributed by atoms with Gasteiger partial charge in [-0.2, -0.15) is 0 Å².